The molecule has 0 spiro atoms. The molecule has 0 aliphatic carbocycles. The van der Waals surface area contributed by atoms with Crippen LogP contribution in [0.4, 0.5) is 0 Å². The van der Waals surface area contributed by atoms with E-state index >= 15 is 0 Å². The van der Waals surface area contributed by atoms with Crippen LogP contribution in [0.5, 0.6) is 0 Å². The van der Waals surface area contributed by atoms with E-state index in [1.54, 1.807) is 23.7 Å². The Morgan fingerprint density at radius 3 is 1.44 bits per heavy atom. The number of aryl methyl sites for hydroxylation is 2. The number of hydrogen-bond acceptors (Lipinski definition) is 12. The zero-order chi connectivity index (χ0) is 70.2. The molecule has 5 aliphatic heterocycles. The first-order chi connectivity index (χ1) is 52.1. The maximum Gasteiger partial charge on any atom is 0.393 e. The predicted octanol–water partition coefficient (Wildman–Crippen LogP) is 17.0. The van der Waals surface area contributed by atoms with Gasteiger partial charge in [-0.05, 0) is 97.1 Å². The second-order valence-corrected chi connectivity index (χ2v) is 30.2. The van der Waals surface area contributed by atoms with Gasteiger partial charge in [-0.1, -0.05) is 130 Å². The van der Waals surface area contributed by atoms with Gasteiger partial charge in [0, 0.05) is 111 Å². The summed E-state index contributed by atoms with van der Waals surface area (Å²) in [5.74, 6) is 1.58. The number of furan rings is 1. The number of oxazole rings is 2. The van der Waals surface area contributed by atoms with E-state index in [9.17, 15) is 0 Å². The standard InChI is InChI=1S/C21H14N3S.2C16H12N3O.C15H9N2OS.C15H9N2S2/c1-2-6-15(7-3-1)24-18-9-5-4-8-16(18)19-20(24)23-13-14-10-11-22-12-17(14)21(23)25-19;2*1-18-13-5-3-2-4-11(13)14-15(18)19-9-10-6-7-17-8-12(10)16(19)20-14;1-2-4-12-10(3-1)13-14(18-12)17-8-9-5-6-16-7-11(9)15(17)19-13;1-2-4-12-10(3-1)13-15(18-12)17-8-9-5-6-16-7-11(9)14(17)19-13/h1-12H,13H2;2*2-8H,9H2,1H3;2*1-7H,8H2/q5*+1/i;1D3;;;. The van der Waals surface area contributed by atoms with E-state index in [4.69, 9.17) is 17.4 Å². The summed E-state index contributed by atoms with van der Waals surface area (Å²) in [4.78, 5) is 22.6. The van der Waals surface area contributed by atoms with Gasteiger partial charge < -0.3 is 13.3 Å². The van der Waals surface area contributed by atoms with Gasteiger partial charge in [-0.25, -0.2) is 13.7 Å². The lowest BCUT2D eigenvalue weighted by atomic mass is 10.2. The lowest BCUT2D eigenvalue weighted by Crippen LogP contribution is -2.32. The Hall–Kier alpha value is -12.2. The van der Waals surface area contributed by atoms with E-state index in [1.807, 2.05) is 131 Å². The van der Waals surface area contributed by atoms with Crippen molar-refractivity contribution in [2.45, 2.75) is 32.7 Å². The van der Waals surface area contributed by atoms with Crippen molar-refractivity contribution >= 4 is 152 Å². The van der Waals surface area contributed by atoms with Crippen LogP contribution in [0, 0.1) is 0 Å². The molecule has 16 nitrogen and oxygen atoms in total. The van der Waals surface area contributed by atoms with E-state index in [-0.39, 0.29) is 0 Å². The zero-order valence-electron chi connectivity index (χ0n) is 57.8. The van der Waals surface area contributed by atoms with Crippen LogP contribution in [0.25, 0.3) is 167 Å². The lowest BCUT2D eigenvalue weighted by molar-refractivity contribution is -0.652. The molecule has 5 aliphatic rings. The number of hydrogen-bond donors (Lipinski definition) is 0. The molecule has 0 radical (unpaired) electrons. The topological polar surface area (TPSA) is 138 Å². The van der Waals surface area contributed by atoms with Crippen molar-refractivity contribution in [3.05, 3.63) is 272 Å². The number of fused-ring (bicyclic) bond motifs is 35. The van der Waals surface area contributed by atoms with Crippen LogP contribution < -0.4 is 22.8 Å². The number of thiazole rings is 3. The molecule has 0 bridgehead atoms. The van der Waals surface area contributed by atoms with Crippen molar-refractivity contribution in [3.8, 4) is 60.3 Å². The van der Waals surface area contributed by atoms with Crippen molar-refractivity contribution in [1.29, 1.82) is 0 Å². The Morgan fingerprint density at radius 1 is 0.369 bits per heavy atom. The average Bonchev–Trinajstić information content (AvgIpc) is 1.58. The molecule has 21 aromatic rings. The second-order valence-electron chi connectivity index (χ2n) is 26.2. The number of aromatic nitrogens is 13. The lowest BCUT2D eigenvalue weighted by Gasteiger charge is -2.01. The van der Waals surface area contributed by atoms with Gasteiger partial charge >= 0.3 is 22.7 Å². The highest BCUT2D eigenvalue weighted by Gasteiger charge is 2.40. The smallest absolute Gasteiger partial charge is 0.393 e. The fourth-order valence-electron chi connectivity index (χ4n) is 15.8. The van der Waals surface area contributed by atoms with Crippen molar-refractivity contribution < 1.29 is 40.2 Å². The number of nitrogens with zero attached hydrogens (tertiary/aromatic N) is 13. The quantitative estimate of drug-likeness (QED) is 0.148. The van der Waals surface area contributed by atoms with Gasteiger partial charge in [-0.3, -0.25) is 24.9 Å². The minimum atomic E-state index is -2.28. The van der Waals surface area contributed by atoms with E-state index in [1.165, 1.54) is 121 Å². The van der Waals surface area contributed by atoms with Crippen molar-refractivity contribution in [3.63, 3.8) is 0 Å². The molecular weight excluding hydrogens is 1360 g/mol. The summed E-state index contributed by atoms with van der Waals surface area (Å²) < 4.78 is 64.8. The second kappa shape index (κ2) is 22.7. The zero-order valence-corrected chi connectivity index (χ0v) is 58.1. The molecule has 0 atom stereocenters. The van der Waals surface area contributed by atoms with Gasteiger partial charge in [0.2, 0.25) is 11.2 Å². The molecule has 20 heterocycles. The molecule has 0 unspecified atom stereocenters. The third-order valence-corrected chi connectivity index (χ3v) is 25.6. The molecule has 26 rings (SSSR count). The Morgan fingerprint density at radius 2 is 0.816 bits per heavy atom. The predicted molar refractivity (Wildman–Crippen MR) is 405 cm³/mol. The van der Waals surface area contributed by atoms with Crippen molar-refractivity contribution in [2.75, 3.05) is 0 Å². The van der Waals surface area contributed by atoms with Gasteiger partial charge in [0.25, 0.3) is 26.6 Å². The fourth-order valence-corrected chi connectivity index (χ4v) is 21.1. The van der Waals surface area contributed by atoms with E-state index in [0.717, 1.165) is 82.1 Å². The maximum absolute atomic E-state index is 7.95. The van der Waals surface area contributed by atoms with Crippen LogP contribution in [0.1, 0.15) is 31.9 Å². The number of thiophene rings is 1. The normalized spacial score (nSPS) is 13.5. The van der Waals surface area contributed by atoms with Crippen LogP contribution in [0.15, 0.2) is 257 Å². The SMILES string of the molecule is Cn1c2ccccc2c2oc3[n+](c21)Cc1ccncc1-3.[2H]C([2H])([2H])n1c2ccccc2c2oc3[n+](c21)Cc1ccncc1-3.c1ccc(-n2c3ccccc3c3sc4[n+](c32)Cc2ccncc2-4)cc1.c1ccc2c(c1)oc1c2sc2[n+]1Cc1ccncc1-2.c1ccc2c(c1)sc1c2sc2[n+]1Cc1ccncc1-2. The van der Waals surface area contributed by atoms with Gasteiger partial charge in [0.05, 0.1) is 56.7 Å². The Bertz CT molecular complexity index is 7090. The summed E-state index contributed by atoms with van der Waals surface area (Å²) in [7, 11) is 2.09. The molecule has 103 heavy (non-hydrogen) atoms. The average molecular weight is 1410 g/mol. The van der Waals surface area contributed by atoms with Crippen LogP contribution in [-0.4, -0.2) is 38.6 Å². The molecule has 15 aromatic heterocycles. The number of rotatable bonds is 1. The van der Waals surface area contributed by atoms with Crippen molar-refractivity contribution in [1.82, 2.24) is 38.6 Å². The molecule has 6 aromatic carbocycles. The molecular formula is C83H56N13O3S4+5. The first-order valence-electron chi connectivity index (χ1n) is 35.4. The summed E-state index contributed by atoms with van der Waals surface area (Å²) in [6.45, 7) is 1.94. The first kappa shape index (κ1) is 55.6. The first-order valence-corrected chi connectivity index (χ1v) is 37.1. The highest BCUT2D eigenvalue weighted by atomic mass is 32.1. The summed E-state index contributed by atoms with van der Waals surface area (Å²) in [6.07, 6.45) is 18.8. The number of pyridine rings is 5. The summed E-state index contributed by atoms with van der Waals surface area (Å²) in [5, 5.41) is 9.80. The highest BCUT2D eigenvalue weighted by molar-refractivity contribution is 7.32. The van der Waals surface area contributed by atoms with E-state index < -0.39 is 6.98 Å². The summed E-state index contributed by atoms with van der Waals surface area (Å²) in [5.41, 5.74) is 23.1. The monoisotopic (exact) mass is 1410 g/mol. The minimum Gasteiger partial charge on any atom is -0.413 e. The molecule has 490 valence electrons. The van der Waals surface area contributed by atoms with Crippen LogP contribution >= 0.6 is 45.3 Å². The Labute approximate surface area is 605 Å². The molecule has 0 fully saturated rings. The van der Waals surface area contributed by atoms with Gasteiger partial charge in [0.1, 0.15) is 56.9 Å². The molecule has 0 saturated heterocycles. The summed E-state index contributed by atoms with van der Waals surface area (Å²) >= 11 is 7.47. The summed E-state index contributed by atoms with van der Waals surface area (Å²) in [6, 6.07) is 62.4. The largest absolute Gasteiger partial charge is 0.413 e. The van der Waals surface area contributed by atoms with Gasteiger partial charge in [-0.15, -0.1) is 4.57 Å². The number of benzene rings is 6. The van der Waals surface area contributed by atoms with Gasteiger partial charge in [-0.2, -0.15) is 18.3 Å². The van der Waals surface area contributed by atoms with E-state index in [0.29, 0.717) is 29.2 Å². The van der Waals surface area contributed by atoms with Gasteiger partial charge in [0.15, 0.2) is 22.8 Å². The van der Waals surface area contributed by atoms with Crippen LogP contribution in [0.3, 0.4) is 0 Å². The third kappa shape index (κ3) is 8.72. The number of para-hydroxylation sites is 5. The third-order valence-electron chi connectivity index (χ3n) is 20.5. The van der Waals surface area contributed by atoms with Crippen molar-refractivity contribution in [2.24, 2.45) is 14.0 Å². The fraction of sp³-hybridized carbons (Fsp3) is 0.0843. The van der Waals surface area contributed by atoms with Crippen LogP contribution in [-0.2, 0) is 46.7 Å². The molecule has 0 amide bonds. The molecule has 20 heteroatoms. The van der Waals surface area contributed by atoms with E-state index in [2.05, 4.69) is 199 Å². The molecule has 0 saturated carbocycles. The highest BCUT2D eigenvalue weighted by Crippen LogP contribution is 2.45. The molecule has 0 N–H and O–H groups in total. The Balaban J connectivity index is 0.0000000830. The maximum atomic E-state index is 7.95. The Kier molecular flexibility index (Phi) is 12.2. The minimum absolute atomic E-state index is 0.590. The van der Waals surface area contributed by atoms with Crippen LogP contribution in [0.2, 0.25) is 0 Å².